The van der Waals surface area contributed by atoms with Gasteiger partial charge < -0.3 is 9.26 Å². The fourth-order valence-corrected chi connectivity index (χ4v) is 2.92. The molecule has 0 N–H and O–H groups in total. The first kappa shape index (κ1) is 18.2. The number of ether oxygens (including phenoxy) is 1. The minimum atomic E-state index is -0.618. The molecule has 0 bridgehead atoms. The van der Waals surface area contributed by atoms with Gasteiger partial charge in [0.15, 0.2) is 0 Å². The van der Waals surface area contributed by atoms with Crippen molar-refractivity contribution in [2.75, 3.05) is 0 Å². The molecule has 9 heteroatoms. The van der Waals surface area contributed by atoms with Crippen molar-refractivity contribution >= 4 is 29.2 Å². The number of aromatic nitrogens is 4. The van der Waals surface area contributed by atoms with Crippen molar-refractivity contribution in [1.82, 2.24) is 20.2 Å². The number of hydrogen-bond acceptors (Lipinski definition) is 6. The molecule has 0 atom stereocenters. The zero-order valence-corrected chi connectivity index (χ0v) is 15.3. The van der Waals surface area contributed by atoms with Gasteiger partial charge in [-0.2, -0.15) is 0 Å². The summed E-state index contributed by atoms with van der Waals surface area (Å²) in [6, 6.07) is 5.01. The number of carbonyl (C=O) groups is 1. The second-order valence-electron chi connectivity index (χ2n) is 5.36. The lowest BCUT2D eigenvalue weighted by atomic mass is 10.1. The van der Waals surface area contributed by atoms with E-state index in [0.717, 1.165) is 0 Å². The second kappa shape index (κ2) is 7.72. The van der Waals surface area contributed by atoms with Gasteiger partial charge in [0.05, 0.1) is 22.8 Å². The third kappa shape index (κ3) is 3.63. The highest BCUT2D eigenvalue weighted by molar-refractivity contribution is 6.39. The Balaban J connectivity index is 1.84. The summed E-state index contributed by atoms with van der Waals surface area (Å²) in [7, 11) is 0. The topological polar surface area (TPSA) is 83.0 Å². The normalized spacial score (nSPS) is 10.7. The van der Waals surface area contributed by atoms with Crippen molar-refractivity contribution in [3.8, 4) is 11.3 Å². The van der Waals surface area contributed by atoms with Crippen LogP contribution < -0.4 is 0 Å². The first-order chi connectivity index (χ1) is 12.5. The molecule has 0 aliphatic rings. The molecule has 0 amide bonds. The van der Waals surface area contributed by atoms with Crippen LogP contribution in [0.1, 0.15) is 21.8 Å². The van der Waals surface area contributed by atoms with Gasteiger partial charge in [-0.3, -0.25) is 0 Å². The largest absolute Gasteiger partial charge is 0.455 e. The molecule has 7 nitrogen and oxygen atoms in total. The minimum absolute atomic E-state index is 0.0453. The summed E-state index contributed by atoms with van der Waals surface area (Å²) < 4.78 is 12.1. The highest BCUT2D eigenvalue weighted by Gasteiger charge is 2.26. The Morgan fingerprint density at radius 1 is 1.38 bits per heavy atom. The van der Waals surface area contributed by atoms with Crippen molar-refractivity contribution in [3.63, 3.8) is 0 Å². The quantitative estimate of drug-likeness (QED) is 0.463. The molecule has 0 fully saturated rings. The fourth-order valence-electron chi connectivity index (χ4n) is 2.35. The SMILES string of the molecule is C=CCn1cc(COC(=O)c2c(-c3c(Cl)cccc3Cl)noc2C)nn1. The van der Waals surface area contributed by atoms with Crippen LogP contribution >= 0.6 is 23.2 Å². The first-order valence-corrected chi connectivity index (χ1v) is 8.34. The Hall–Kier alpha value is -2.64. The molecule has 0 aliphatic heterocycles. The van der Waals surface area contributed by atoms with Crippen molar-refractivity contribution in [1.29, 1.82) is 0 Å². The van der Waals surface area contributed by atoms with E-state index in [0.29, 0.717) is 33.6 Å². The van der Waals surface area contributed by atoms with Crippen LogP contribution in [-0.2, 0) is 17.9 Å². The van der Waals surface area contributed by atoms with Gasteiger partial charge in [0.25, 0.3) is 0 Å². The third-order valence-electron chi connectivity index (χ3n) is 3.52. The highest BCUT2D eigenvalue weighted by Crippen LogP contribution is 2.37. The molecule has 0 saturated heterocycles. The van der Waals surface area contributed by atoms with Crippen molar-refractivity contribution in [2.24, 2.45) is 0 Å². The van der Waals surface area contributed by atoms with E-state index in [1.165, 1.54) is 0 Å². The lowest BCUT2D eigenvalue weighted by molar-refractivity contribution is 0.0466. The third-order valence-corrected chi connectivity index (χ3v) is 4.15. The average molecular weight is 393 g/mol. The molecule has 0 aliphatic carbocycles. The number of nitrogens with zero attached hydrogens (tertiary/aromatic N) is 4. The smallest absolute Gasteiger partial charge is 0.344 e. The van der Waals surface area contributed by atoms with Crippen LogP contribution in [0.5, 0.6) is 0 Å². The maximum absolute atomic E-state index is 12.6. The minimum Gasteiger partial charge on any atom is -0.455 e. The van der Waals surface area contributed by atoms with Crippen LogP contribution in [0.25, 0.3) is 11.3 Å². The Labute approximate surface area is 159 Å². The summed E-state index contributed by atoms with van der Waals surface area (Å²) in [4.78, 5) is 12.6. The van der Waals surface area contributed by atoms with E-state index in [-0.39, 0.29) is 17.9 Å². The molecule has 2 aromatic heterocycles. The Kier molecular flexibility index (Phi) is 5.39. The number of halogens is 2. The number of carbonyl (C=O) groups excluding carboxylic acids is 1. The maximum atomic E-state index is 12.6. The number of hydrogen-bond donors (Lipinski definition) is 0. The highest BCUT2D eigenvalue weighted by atomic mass is 35.5. The summed E-state index contributed by atoms with van der Waals surface area (Å²) in [5.74, 6) is -0.315. The monoisotopic (exact) mass is 392 g/mol. The Morgan fingerprint density at radius 2 is 2.12 bits per heavy atom. The predicted octanol–water partition coefficient (Wildman–Crippen LogP) is 4.09. The fraction of sp³-hybridized carbons (Fsp3) is 0.176. The van der Waals surface area contributed by atoms with E-state index >= 15 is 0 Å². The van der Waals surface area contributed by atoms with Gasteiger partial charge >= 0.3 is 5.97 Å². The van der Waals surface area contributed by atoms with Crippen LogP contribution in [0.4, 0.5) is 0 Å². The molecular weight excluding hydrogens is 379 g/mol. The lowest BCUT2D eigenvalue weighted by Gasteiger charge is -2.06. The standard InChI is InChI=1S/C17H14Cl2N4O3/c1-3-7-23-8-11(20-22-23)9-25-17(24)14-10(2)26-21-16(14)15-12(18)5-4-6-13(15)19/h3-6,8H,1,7,9H2,2H3. The van der Waals surface area contributed by atoms with Crippen LogP contribution in [0.15, 0.2) is 41.6 Å². The molecule has 26 heavy (non-hydrogen) atoms. The van der Waals surface area contributed by atoms with Crippen molar-refractivity contribution in [3.05, 3.63) is 64.1 Å². The molecule has 0 radical (unpaired) electrons. The molecule has 134 valence electrons. The molecule has 1 aromatic carbocycles. The Morgan fingerprint density at radius 3 is 2.81 bits per heavy atom. The molecule has 3 aromatic rings. The number of allylic oxidation sites excluding steroid dienone is 1. The van der Waals surface area contributed by atoms with Crippen molar-refractivity contribution in [2.45, 2.75) is 20.1 Å². The van der Waals surface area contributed by atoms with E-state index in [2.05, 4.69) is 22.0 Å². The summed E-state index contributed by atoms with van der Waals surface area (Å²) in [5.41, 5.74) is 1.32. The maximum Gasteiger partial charge on any atom is 0.344 e. The van der Waals surface area contributed by atoms with E-state index in [4.69, 9.17) is 32.5 Å². The second-order valence-corrected chi connectivity index (χ2v) is 6.17. The van der Waals surface area contributed by atoms with Gasteiger partial charge in [0.1, 0.15) is 29.3 Å². The number of aryl methyl sites for hydroxylation is 1. The van der Waals surface area contributed by atoms with E-state index < -0.39 is 5.97 Å². The van der Waals surface area contributed by atoms with Crippen molar-refractivity contribution < 1.29 is 14.1 Å². The van der Waals surface area contributed by atoms with Crippen LogP contribution in [0.3, 0.4) is 0 Å². The van der Waals surface area contributed by atoms with Gasteiger partial charge in [-0.1, -0.05) is 45.7 Å². The molecule has 0 spiro atoms. The molecule has 2 heterocycles. The summed E-state index contributed by atoms with van der Waals surface area (Å²) in [5, 5.41) is 12.4. The summed E-state index contributed by atoms with van der Waals surface area (Å²) in [6.07, 6.45) is 3.35. The van der Waals surface area contributed by atoms with E-state index in [1.807, 2.05) is 0 Å². The van der Waals surface area contributed by atoms with Gasteiger partial charge in [-0.05, 0) is 19.1 Å². The van der Waals surface area contributed by atoms with Crippen LogP contribution in [0.2, 0.25) is 10.0 Å². The first-order valence-electron chi connectivity index (χ1n) is 7.59. The zero-order valence-electron chi connectivity index (χ0n) is 13.8. The van der Waals surface area contributed by atoms with E-state index in [1.54, 1.807) is 42.1 Å². The van der Waals surface area contributed by atoms with Gasteiger partial charge in [0.2, 0.25) is 0 Å². The number of esters is 1. The molecular formula is C17H14Cl2N4O3. The molecule has 0 saturated carbocycles. The predicted molar refractivity (Wildman–Crippen MR) is 96.0 cm³/mol. The lowest BCUT2D eigenvalue weighted by Crippen LogP contribution is -2.07. The van der Waals surface area contributed by atoms with Gasteiger partial charge in [-0.25, -0.2) is 9.48 Å². The van der Waals surface area contributed by atoms with Gasteiger partial charge in [0, 0.05) is 5.56 Å². The van der Waals surface area contributed by atoms with Crippen LogP contribution in [-0.4, -0.2) is 26.1 Å². The average Bonchev–Trinajstić information content (AvgIpc) is 3.20. The number of rotatable bonds is 6. The van der Waals surface area contributed by atoms with Gasteiger partial charge in [-0.15, -0.1) is 11.7 Å². The molecule has 0 unspecified atom stereocenters. The van der Waals surface area contributed by atoms with Crippen LogP contribution in [0, 0.1) is 6.92 Å². The summed E-state index contributed by atoms with van der Waals surface area (Å²) in [6.45, 7) is 5.70. The summed E-state index contributed by atoms with van der Waals surface area (Å²) >= 11 is 12.4. The van der Waals surface area contributed by atoms with E-state index in [9.17, 15) is 4.79 Å². The molecule has 3 rings (SSSR count). The number of benzene rings is 1. The Bertz CT molecular complexity index is 945. The zero-order chi connectivity index (χ0) is 18.7.